The van der Waals surface area contributed by atoms with E-state index in [0.29, 0.717) is 28.6 Å². The highest BCUT2D eigenvalue weighted by Gasteiger charge is 2.34. The Morgan fingerprint density at radius 1 is 1.11 bits per heavy atom. The zero-order valence-electron chi connectivity index (χ0n) is 19.3. The summed E-state index contributed by atoms with van der Waals surface area (Å²) in [4.78, 5) is 37.5. The maximum absolute atomic E-state index is 12.9. The largest absolute Gasteiger partial charge is 0.490 e. The molecule has 0 atom stereocenters. The summed E-state index contributed by atoms with van der Waals surface area (Å²) < 4.78 is 16.2. The first kappa shape index (κ1) is 26.5. The van der Waals surface area contributed by atoms with Gasteiger partial charge >= 0.3 is 5.97 Å². The van der Waals surface area contributed by atoms with E-state index in [4.69, 9.17) is 38.0 Å². The van der Waals surface area contributed by atoms with Crippen LogP contribution in [0.2, 0.25) is 5.02 Å². The Kier molecular flexibility index (Phi) is 9.13. The topological polar surface area (TPSA) is 94.2 Å². The number of benzene rings is 2. The highest BCUT2D eigenvalue weighted by Crippen LogP contribution is 2.34. The molecule has 1 aliphatic rings. The minimum atomic E-state index is -0.547. The molecule has 0 bridgehead atoms. The number of esters is 1. The zero-order chi connectivity index (χ0) is 25.5. The van der Waals surface area contributed by atoms with Gasteiger partial charge in [0.1, 0.15) is 0 Å². The molecule has 1 N–H and O–H groups in total. The van der Waals surface area contributed by atoms with Crippen molar-refractivity contribution >= 4 is 63.8 Å². The molecule has 0 unspecified atom stereocenters. The first-order valence-electron chi connectivity index (χ1n) is 10.6. The van der Waals surface area contributed by atoms with Gasteiger partial charge in [0.25, 0.3) is 11.8 Å². The average Bonchev–Trinajstić information content (AvgIpc) is 3.06. The molecule has 0 aromatic heterocycles. The third-order valence-electron chi connectivity index (χ3n) is 4.59. The van der Waals surface area contributed by atoms with Gasteiger partial charge in [0.05, 0.1) is 28.7 Å². The Bertz CT molecular complexity index is 1200. The van der Waals surface area contributed by atoms with Crippen LogP contribution in [0.25, 0.3) is 6.08 Å². The molecule has 3 rings (SSSR count). The summed E-state index contributed by atoms with van der Waals surface area (Å²) in [5.74, 6) is -0.738. The molecule has 35 heavy (non-hydrogen) atoms. The molecular formula is C24H23ClN2O6S2. The Balaban J connectivity index is 1.76. The number of thiocarbonyl (C=S) groups is 1. The van der Waals surface area contributed by atoms with Crippen molar-refractivity contribution in [1.29, 1.82) is 0 Å². The molecule has 11 heteroatoms. The van der Waals surface area contributed by atoms with Gasteiger partial charge in [-0.3, -0.25) is 15.0 Å². The molecule has 2 amide bonds. The number of ether oxygens (including phenoxy) is 3. The van der Waals surface area contributed by atoms with Crippen molar-refractivity contribution in [1.82, 2.24) is 10.4 Å². The molecule has 1 saturated heterocycles. The second-order valence-electron chi connectivity index (χ2n) is 7.17. The van der Waals surface area contributed by atoms with Gasteiger partial charge in [-0.05, 0) is 74.5 Å². The van der Waals surface area contributed by atoms with Crippen LogP contribution in [0.4, 0.5) is 0 Å². The second-order valence-corrected chi connectivity index (χ2v) is 9.26. The van der Waals surface area contributed by atoms with Crippen molar-refractivity contribution in [3.8, 4) is 11.5 Å². The lowest BCUT2D eigenvalue weighted by atomic mass is 10.1. The van der Waals surface area contributed by atoms with Crippen molar-refractivity contribution < 1.29 is 28.6 Å². The van der Waals surface area contributed by atoms with Gasteiger partial charge in [0, 0.05) is 0 Å². The molecule has 2 aromatic carbocycles. The Morgan fingerprint density at radius 2 is 1.89 bits per heavy atom. The number of halogens is 1. The summed E-state index contributed by atoms with van der Waals surface area (Å²) in [6.45, 7) is 5.76. The fourth-order valence-electron chi connectivity index (χ4n) is 3.02. The fourth-order valence-corrected chi connectivity index (χ4v) is 4.52. The fraction of sp³-hybridized carbons (Fsp3) is 0.250. The van der Waals surface area contributed by atoms with Crippen LogP contribution in [0.1, 0.15) is 35.3 Å². The van der Waals surface area contributed by atoms with E-state index in [0.717, 1.165) is 22.3 Å². The molecule has 0 spiro atoms. The standard InChI is InChI=1S/C24H23ClN2O6S2/c1-4-31-19-11-15(7-9-18(19)33-13-21(28)32-5-2)12-20-23(30)27(24(34)35-20)26-22(29)16-8-6-14(3)10-17(16)25/h6-12H,4-5,13H2,1-3H3,(H,26,29)/b20-12-. The van der Waals surface area contributed by atoms with Gasteiger partial charge < -0.3 is 14.2 Å². The molecule has 0 radical (unpaired) electrons. The number of nitrogens with zero attached hydrogens (tertiary/aromatic N) is 1. The summed E-state index contributed by atoms with van der Waals surface area (Å²) in [7, 11) is 0. The van der Waals surface area contributed by atoms with Gasteiger partial charge in [-0.2, -0.15) is 5.01 Å². The van der Waals surface area contributed by atoms with Gasteiger partial charge in [-0.25, -0.2) is 4.79 Å². The number of amides is 2. The lowest BCUT2D eigenvalue weighted by Crippen LogP contribution is -2.44. The SMILES string of the molecule is CCOC(=O)COc1ccc(/C=C2\SC(=S)N(NC(=O)c3ccc(C)cc3Cl)C2=O)cc1OCC. The summed E-state index contributed by atoms with van der Waals surface area (Å²) in [5.41, 5.74) is 4.30. The van der Waals surface area contributed by atoms with Crippen LogP contribution >= 0.6 is 35.6 Å². The Hall–Kier alpha value is -3.08. The molecule has 1 fully saturated rings. The van der Waals surface area contributed by atoms with Crippen molar-refractivity contribution in [2.24, 2.45) is 0 Å². The highest BCUT2D eigenvalue weighted by atomic mass is 35.5. The zero-order valence-corrected chi connectivity index (χ0v) is 21.6. The van der Waals surface area contributed by atoms with Gasteiger partial charge in [-0.1, -0.05) is 35.5 Å². The van der Waals surface area contributed by atoms with Gasteiger partial charge in [0.2, 0.25) is 0 Å². The van der Waals surface area contributed by atoms with E-state index >= 15 is 0 Å². The van der Waals surface area contributed by atoms with Crippen LogP contribution in [0.15, 0.2) is 41.3 Å². The molecule has 8 nitrogen and oxygen atoms in total. The van der Waals surface area contributed by atoms with E-state index in [1.807, 2.05) is 13.8 Å². The van der Waals surface area contributed by atoms with Crippen LogP contribution in [-0.2, 0) is 14.3 Å². The normalized spacial score (nSPS) is 14.3. The van der Waals surface area contributed by atoms with Crippen molar-refractivity contribution in [2.75, 3.05) is 19.8 Å². The third-order valence-corrected chi connectivity index (χ3v) is 6.21. The maximum Gasteiger partial charge on any atom is 0.344 e. The number of nitrogens with one attached hydrogen (secondary N) is 1. The van der Waals surface area contributed by atoms with Crippen LogP contribution in [-0.4, -0.2) is 46.9 Å². The smallest absolute Gasteiger partial charge is 0.344 e. The Morgan fingerprint density at radius 3 is 2.57 bits per heavy atom. The average molecular weight is 535 g/mol. The number of hydrogen-bond acceptors (Lipinski definition) is 8. The molecule has 0 aliphatic carbocycles. The van der Waals surface area contributed by atoms with E-state index in [1.165, 1.54) is 0 Å². The number of thioether (sulfide) groups is 1. The van der Waals surface area contributed by atoms with Gasteiger partial charge in [-0.15, -0.1) is 0 Å². The first-order valence-corrected chi connectivity index (χ1v) is 12.2. The summed E-state index contributed by atoms with van der Waals surface area (Å²) in [5, 5.41) is 1.29. The third kappa shape index (κ3) is 6.74. The molecule has 1 heterocycles. The number of carbonyl (C=O) groups is 3. The van der Waals surface area contributed by atoms with E-state index in [1.54, 1.807) is 49.4 Å². The monoisotopic (exact) mass is 534 g/mol. The van der Waals surface area contributed by atoms with Crippen molar-refractivity contribution in [3.05, 3.63) is 63.0 Å². The number of carbonyl (C=O) groups excluding carboxylic acids is 3. The molecule has 184 valence electrons. The number of hydrogen-bond donors (Lipinski definition) is 1. The van der Waals surface area contributed by atoms with Crippen LogP contribution in [0.5, 0.6) is 11.5 Å². The van der Waals surface area contributed by atoms with E-state index in [2.05, 4.69) is 5.43 Å². The summed E-state index contributed by atoms with van der Waals surface area (Å²) >= 11 is 12.5. The maximum atomic E-state index is 12.9. The van der Waals surface area contributed by atoms with Gasteiger partial charge in [0.15, 0.2) is 22.4 Å². The van der Waals surface area contributed by atoms with E-state index in [9.17, 15) is 14.4 Å². The molecular weight excluding hydrogens is 512 g/mol. The minimum Gasteiger partial charge on any atom is -0.490 e. The lowest BCUT2D eigenvalue weighted by molar-refractivity contribution is -0.145. The molecule has 0 saturated carbocycles. The number of aryl methyl sites for hydroxylation is 1. The van der Waals surface area contributed by atoms with E-state index < -0.39 is 17.8 Å². The molecule has 2 aromatic rings. The summed E-state index contributed by atoms with van der Waals surface area (Å²) in [6.07, 6.45) is 1.63. The Labute approximate surface area is 217 Å². The van der Waals surface area contributed by atoms with Crippen molar-refractivity contribution in [2.45, 2.75) is 20.8 Å². The highest BCUT2D eigenvalue weighted by molar-refractivity contribution is 8.26. The summed E-state index contributed by atoms with van der Waals surface area (Å²) in [6, 6.07) is 10.0. The van der Waals surface area contributed by atoms with Crippen LogP contribution in [0, 0.1) is 6.92 Å². The predicted octanol–water partition coefficient (Wildman–Crippen LogP) is 4.54. The lowest BCUT2D eigenvalue weighted by Gasteiger charge is -2.16. The second kappa shape index (κ2) is 12.1. The molecule has 1 aliphatic heterocycles. The minimum absolute atomic E-state index is 0.178. The number of rotatable bonds is 9. The number of hydrazine groups is 1. The van der Waals surface area contributed by atoms with Crippen LogP contribution < -0.4 is 14.9 Å². The van der Waals surface area contributed by atoms with Crippen molar-refractivity contribution in [3.63, 3.8) is 0 Å². The predicted molar refractivity (Wildman–Crippen MR) is 138 cm³/mol. The van der Waals surface area contributed by atoms with E-state index in [-0.39, 0.29) is 28.1 Å². The van der Waals surface area contributed by atoms with Crippen LogP contribution in [0.3, 0.4) is 0 Å². The first-order chi connectivity index (χ1) is 16.7. The quantitative estimate of drug-likeness (QED) is 0.285.